The van der Waals surface area contributed by atoms with Crippen LogP contribution in [-0.4, -0.2) is 63.5 Å². The van der Waals surface area contributed by atoms with E-state index in [0.29, 0.717) is 10.8 Å². The van der Waals surface area contributed by atoms with Crippen molar-refractivity contribution in [2.75, 3.05) is 19.5 Å². The molecule has 160 valence electrons. The molecule has 1 fully saturated rings. The van der Waals surface area contributed by atoms with Crippen molar-refractivity contribution < 1.29 is 33.8 Å². The predicted molar refractivity (Wildman–Crippen MR) is 111 cm³/mol. The highest BCUT2D eigenvalue weighted by molar-refractivity contribution is 8.17. The van der Waals surface area contributed by atoms with E-state index in [1.165, 1.54) is 25.8 Å². The number of β-lactam (4-membered cyclic amide) rings is 1. The zero-order valence-electron chi connectivity index (χ0n) is 15.8. The van der Waals surface area contributed by atoms with E-state index in [1.54, 1.807) is 24.3 Å². The maximum Gasteiger partial charge on any atom is 0.353 e. The van der Waals surface area contributed by atoms with Crippen LogP contribution in [0.4, 0.5) is 0 Å². The Kier molecular flexibility index (Phi) is 6.65. The molecule has 3 rings (SSSR count). The lowest BCUT2D eigenvalue weighted by molar-refractivity contribution is -0.192. The number of fused-ring (bicyclic) bond motifs is 1. The number of carbonyl (C=O) groups is 4. The molecule has 2 heterocycles. The summed E-state index contributed by atoms with van der Waals surface area (Å²) in [6, 6.07) is 6.39. The van der Waals surface area contributed by atoms with Crippen LogP contribution in [0.1, 0.15) is 6.92 Å². The predicted octanol–water partition coefficient (Wildman–Crippen LogP) is 1.67. The lowest BCUT2D eigenvalue weighted by atomic mass is 9.99. The zero-order valence-corrected chi connectivity index (χ0v) is 18.2. The molecule has 2 aliphatic rings. The number of carboxylic acids is 1. The Hall–Kier alpha value is -2.21. The third-order valence-electron chi connectivity index (χ3n) is 4.30. The van der Waals surface area contributed by atoms with Gasteiger partial charge in [0.1, 0.15) is 16.8 Å². The molecule has 30 heavy (non-hydrogen) atoms. The SMILES string of the molecule is COC1(NC(=O)COc2ccc(Cl)cc2)C(=O)N2C(C(=O)O)=C(SC(C)=O)CS[C@@H]21. The Morgan fingerprint density at radius 1 is 1.37 bits per heavy atom. The van der Waals surface area contributed by atoms with E-state index in [9.17, 15) is 24.3 Å². The van der Waals surface area contributed by atoms with Gasteiger partial charge in [0, 0.05) is 29.7 Å². The molecule has 0 aliphatic carbocycles. The summed E-state index contributed by atoms with van der Waals surface area (Å²) >= 11 is 7.76. The van der Waals surface area contributed by atoms with Gasteiger partial charge in [-0.2, -0.15) is 0 Å². The highest BCUT2D eigenvalue weighted by atomic mass is 35.5. The molecule has 9 nitrogen and oxygen atoms in total. The Bertz CT molecular complexity index is 937. The summed E-state index contributed by atoms with van der Waals surface area (Å²) in [7, 11) is 1.25. The van der Waals surface area contributed by atoms with Crippen molar-refractivity contribution in [2.45, 2.75) is 18.0 Å². The van der Waals surface area contributed by atoms with Gasteiger partial charge in [0.25, 0.3) is 17.5 Å². The van der Waals surface area contributed by atoms with E-state index in [2.05, 4.69) is 5.32 Å². The molecule has 0 radical (unpaired) electrons. The van der Waals surface area contributed by atoms with Gasteiger partial charge >= 0.3 is 5.97 Å². The topological polar surface area (TPSA) is 122 Å². The molecule has 2 amide bonds. The van der Waals surface area contributed by atoms with Gasteiger partial charge in [-0.25, -0.2) is 4.79 Å². The van der Waals surface area contributed by atoms with Crippen LogP contribution < -0.4 is 10.1 Å². The van der Waals surface area contributed by atoms with Gasteiger partial charge in [-0.3, -0.25) is 19.3 Å². The standard InChI is InChI=1S/C18H17ClN2O7S2/c1-9(22)30-12-8-29-17-18(27-2,16(26)21(17)14(12)15(24)25)20-13(23)7-28-11-5-3-10(19)4-6-11/h3-6,17H,7-8H2,1-2H3,(H,20,23)(H,24,25)/t17-,18?/m1/s1. The summed E-state index contributed by atoms with van der Waals surface area (Å²) in [5.41, 5.74) is -2.00. The van der Waals surface area contributed by atoms with Gasteiger partial charge in [-0.1, -0.05) is 23.4 Å². The van der Waals surface area contributed by atoms with E-state index in [1.807, 2.05) is 0 Å². The van der Waals surface area contributed by atoms with Gasteiger partial charge in [0.05, 0.1) is 0 Å². The van der Waals surface area contributed by atoms with Crippen LogP contribution in [0.3, 0.4) is 0 Å². The summed E-state index contributed by atoms with van der Waals surface area (Å²) < 4.78 is 10.7. The van der Waals surface area contributed by atoms with Crippen molar-refractivity contribution in [3.63, 3.8) is 0 Å². The first kappa shape index (κ1) is 22.5. The third-order valence-corrected chi connectivity index (χ3v) is 6.92. The number of amides is 2. The van der Waals surface area contributed by atoms with Gasteiger partial charge in [0.2, 0.25) is 0 Å². The number of ether oxygens (including phenoxy) is 2. The van der Waals surface area contributed by atoms with E-state index in [0.717, 1.165) is 16.7 Å². The Labute approximate surface area is 185 Å². The van der Waals surface area contributed by atoms with E-state index in [4.69, 9.17) is 21.1 Å². The smallest absolute Gasteiger partial charge is 0.353 e. The van der Waals surface area contributed by atoms with E-state index < -0.39 is 28.9 Å². The van der Waals surface area contributed by atoms with E-state index in [-0.39, 0.29) is 28.1 Å². The first-order valence-corrected chi connectivity index (χ1v) is 10.8. The summed E-state index contributed by atoms with van der Waals surface area (Å²) in [6.45, 7) is 0.927. The van der Waals surface area contributed by atoms with Crippen LogP contribution in [0.2, 0.25) is 5.02 Å². The Morgan fingerprint density at radius 2 is 2.03 bits per heavy atom. The van der Waals surface area contributed by atoms with Crippen molar-refractivity contribution in [1.29, 1.82) is 0 Å². The molecular weight excluding hydrogens is 456 g/mol. The summed E-state index contributed by atoms with van der Waals surface area (Å²) in [6.07, 6.45) is 0. The summed E-state index contributed by atoms with van der Waals surface area (Å²) in [4.78, 5) is 49.7. The number of thioether (sulfide) groups is 2. The van der Waals surface area contributed by atoms with Crippen LogP contribution >= 0.6 is 35.1 Å². The monoisotopic (exact) mass is 472 g/mol. The normalized spacial score (nSPS) is 22.8. The van der Waals surface area contributed by atoms with Crippen molar-refractivity contribution in [2.24, 2.45) is 0 Å². The molecule has 1 aromatic rings. The number of methoxy groups -OCH3 is 1. The summed E-state index contributed by atoms with van der Waals surface area (Å²) in [5.74, 6) is -2.09. The number of aliphatic carboxylic acids is 1. The third kappa shape index (κ3) is 4.15. The number of rotatable bonds is 7. The molecule has 1 saturated heterocycles. The number of carboxylic acid groups (broad SMARTS) is 1. The maximum atomic E-state index is 12.9. The number of carbonyl (C=O) groups excluding carboxylic acids is 3. The van der Waals surface area contributed by atoms with Gasteiger partial charge in [-0.15, -0.1) is 11.8 Å². The fraction of sp³-hybridized carbons (Fsp3) is 0.333. The minimum absolute atomic E-state index is 0.183. The lowest BCUT2D eigenvalue weighted by Gasteiger charge is -2.55. The average Bonchev–Trinajstić information content (AvgIpc) is 2.70. The second-order valence-corrected chi connectivity index (χ2v) is 9.02. The van der Waals surface area contributed by atoms with Crippen LogP contribution in [0, 0.1) is 0 Å². The quantitative estimate of drug-likeness (QED) is 0.450. The second kappa shape index (κ2) is 8.88. The Balaban J connectivity index is 1.74. The molecule has 2 aliphatic heterocycles. The van der Waals surface area contributed by atoms with Crippen molar-refractivity contribution in [3.05, 3.63) is 39.9 Å². The maximum absolute atomic E-state index is 12.9. The lowest BCUT2D eigenvalue weighted by Crippen LogP contribution is -2.80. The van der Waals surface area contributed by atoms with Crippen molar-refractivity contribution in [1.82, 2.24) is 10.2 Å². The van der Waals surface area contributed by atoms with Crippen molar-refractivity contribution in [3.8, 4) is 5.75 Å². The number of benzene rings is 1. The minimum Gasteiger partial charge on any atom is -0.484 e. The van der Waals surface area contributed by atoms with Gasteiger partial charge in [0.15, 0.2) is 11.7 Å². The molecule has 0 bridgehead atoms. The number of nitrogens with one attached hydrogen (secondary N) is 1. The molecule has 0 aromatic heterocycles. The van der Waals surface area contributed by atoms with Crippen LogP contribution in [0.5, 0.6) is 5.75 Å². The zero-order chi connectivity index (χ0) is 22.1. The van der Waals surface area contributed by atoms with Crippen molar-refractivity contribution >= 4 is 58.0 Å². The summed E-state index contributed by atoms with van der Waals surface area (Å²) in [5, 5.41) is 11.5. The molecule has 12 heteroatoms. The number of hydrogen-bond donors (Lipinski definition) is 2. The van der Waals surface area contributed by atoms with Crippen LogP contribution in [-0.2, 0) is 23.9 Å². The number of halogens is 1. The molecule has 1 aromatic carbocycles. The molecule has 2 N–H and O–H groups in total. The van der Waals surface area contributed by atoms with E-state index >= 15 is 0 Å². The average molecular weight is 473 g/mol. The van der Waals surface area contributed by atoms with Gasteiger partial charge < -0.3 is 19.9 Å². The van der Waals surface area contributed by atoms with Crippen LogP contribution in [0.15, 0.2) is 34.9 Å². The second-order valence-electron chi connectivity index (χ2n) is 6.24. The fourth-order valence-corrected chi connectivity index (χ4v) is 5.51. The highest BCUT2D eigenvalue weighted by Crippen LogP contribution is 2.48. The highest BCUT2D eigenvalue weighted by Gasteiger charge is 2.66. The molecule has 0 saturated carbocycles. The fourth-order valence-electron chi connectivity index (χ4n) is 3.03. The Morgan fingerprint density at radius 3 is 2.60 bits per heavy atom. The first-order valence-electron chi connectivity index (χ1n) is 8.54. The van der Waals surface area contributed by atoms with Crippen LogP contribution in [0.25, 0.3) is 0 Å². The number of nitrogens with zero attached hydrogens (tertiary/aromatic N) is 1. The molecule has 0 spiro atoms. The molecule has 2 atom stereocenters. The van der Waals surface area contributed by atoms with Gasteiger partial charge in [-0.05, 0) is 24.3 Å². The molecular formula is C18H17ClN2O7S2. The minimum atomic E-state index is -1.72. The largest absolute Gasteiger partial charge is 0.484 e. The molecule has 1 unspecified atom stereocenters. The number of hydrogen-bond acceptors (Lipinski definition) is 8. The first-order chi connectivity index (χ1) is 14.2.